The van der Waals surface area contributed by atoms with Crippen molar-refractivity contribution in [2.24, 2.45) is 5.92 Å². The smallest absolute Gasteiger partial charge is 0.255 e. The first-order valence-electron chi connectivity index (χ1n) is 11.8. The minimum atomic E-state index is -3.83. The van der Waals surface area contributed by atoms with Crippen molar-refractivity contribution < 1.29 is 22.4 Å². The van der Waals surface area contributed by atoms with Crippen LogP contribution in [-0.2, 0) is 14.8 Å². The Morgan fingerprint density at radius 3 is 2.26 bits per heavy atom. The van der Waals surface area contributed by atoms with Gasteiger partial charge in [0.25, 0.3) is 5.91 Å². The highest BCUT2D eigenvalue weighted by Crippen LogP contribution is 2.26. The molecule has 2 fully saturated rings. The van der Waals surface area contributed by atoms with Crippen LogP contribution in [0.25, 0.3) is 0 Å². The average molecular weight is 488 g/mol. The van der Waals surface area contributed by atoms with E-state index in [9.17, 15) is 22.4 Å². The number of likely N-dealkylation sites (tertiary alicyclic amines) is 1. The van der Waals surface area contributed by atoms with Gasteiger partial charge in [-0.1, -0.05) is 25.0 Å². The van der Waals surface area contributed by atoms with E-state index in [4.69, 9.17) is 0 Å². The van der Waals surface area contributed by atoms with Gasteiger partial charge in [-0.3, -0.25) is 9.59 Å². The van der Waals surface area contributed by atoms with E-state index in [0.717, 1.165) is 37.8 Å². The highest BCUT2D eigenvalue weighted by Gasteiger charge is 2.34. The van der Waals surface area contributed by atoms with Crippen LogP contribution < -0.4 is 5.32 Å². The third-order valence-corrected chi connectivity index (χ3v) is 8.39. The monoisotopic (exact) mass is 487 g/mol. The molecule has 2 amide bonds. The second-order valence-electron chi connectivity index (χ2n) is 8.90. The zero-order valence-electron chi connectivity index (χ0n) is 19.1. The van der Waals surface area contributed by atoms with Gasteiger partial charge in [0.15, 0.2) is 0 Å². The fourth-order valence-corrected chi connectivity index (χ4v) is 6.11. The van der Waals surface area contributed by atoms with Gasteiger partial charge < -0.3 is 10.2 Å². The Kier molecular flexibility index (Phi) is 7.63. The lowest BCUT2D eigenvalue weighted by Gasteiger charge is -2.31. The molecule has 182 valence electrons. The predicted molar refractivity (Wildman–Crippen MR) is 127 cm³/mol. The standard InChI is InChI=1S/C25H30FN3O4S/c26-20-11-13-21(14-12-20)34(32,33)29-17-7-8-19(18-29)24(30)27-23-10-4-3-9-22(23)25(31)28-15-5-1-2-6-16-28/h3-4,9-14,19H,1-2,5-8,15-18H2,(H,27,30). The zero-order chi connectivity index (χ0) is 24.1. The zero-order valence-corrected chi connectivity index (χ0v) is 19.9. The van der Waals surface area contributed by atoms with Gasteiger partial charge in [0.05, 0.1) is 22.1 Å². The minimum absolute atomic E-state index is 0.00310. The number of halogens is 1. The third-order valence-electron chi connectivity index (χ3n) is 6.51. The van der Waals surface area contributed by atoms with Crippen LogP contribution in [0.15, 0.2) is 53.4 Å². The molecule has 0 spiro atoms. The van der Waals surface area contributed by atoms with Crippen molar-refractivity contribution in [2.75, 3.05) is 31.5 Å². The number of benzene rings is 2. The first-order chi connectivity index (χ1) is 16.4. The first kappa shape index (κ1) is 24.3. The number of rotatable bonds is 5. The number of sulfonamides is 1. The van der Waals surface area contributed by atoms with E-state index < -0.39 is 21.8 Å². The fourth-order valence-electron chi connectivity index (χ4n) is 4.59. The van der Waals surface area contributed by atoms with Crippen LogP contribution in [0.3, 0.4) is 0 Å². The molecule has 0 aliphatic carbocycles. The molecular weight excluding hydrogens is 457 g/mol. The topological polar surface area (TPSA) is 86.8 Å². The number of hydrogen-bond donors (Lipinski definition) is 1. The van der Waals surface area contributed by atoms with Crippen LogP contribution in [0.4, 0.5) is 10.1 Å². The summed E-state index contributed by atoms with van der Waals surface area (Å²) in [6.45, 7) is 1.75. The van der Waals surface area contributed by atoms with Crippen molar-refractivity contribution in [1.82, 2.24) is 9.21 Å². The van der Waals surface area contributed by atoms with Crippen LogP contribution in [0.5, 0.6) is 0 Å². The van der Waals surface area contributed by atoms with Gasteiger partial charge in [-0.05, 0) is 62.1 Å². The second kappa shape index (κ2) is 10.7. The van der Waals surface area contributed by atoms with Gasteiger partial charge in [0.2, 0.25) is 15.9 Å². The Labute approximate surface area is 200 Å². The Bertz CT molecular complexity index is 1130. The maximum atomic E-state index is 13.2. The molecule has 34 heavy (non-hydrogen) atoms. The number of carbonyl (C=O) groups excluding carboxylic acids is 2. The molecule has 2 aromatic rings. The lowest BCUT2D eigenvalue weighted by atomic mass is 9.98. The molecule has 1 unspecified atom stereocenters. The lowest BCUT2D eigenvalue weighted by Crippen LogP contribution is -2.43. The van der Waals surface area contributed by atoms with Crippen molar-refractivity contribution in [2.45, 2.75) is 43.4 Å². The Morgan fingerprint density at radius 1 is 0.882 bits per heavy atom. The SMILES string of the molecule is O=C(Nc1ccccc1C(=O)N1CCCCCC1)C1CCCN(S(=O)(=O)c2ccc(F)cc2)C1. The summed E-state index contributed by atoms with van der Waals surface area (Å²) in [6, 6.07) is 11.7. The number of anilines is 1. The summed E-state index contributed by atoms with van der Waals surface area (Å²) < 4.78 is 40.5. The minimum Gasteiger partial charge on any atom is -0.339 e. The average Bonchev–Trinajstić information content (AvgIpc) is 3.14. The molecule has 2 heterocycles. The van der Waals surface area contributed by atoms with Crippen molar-refractivity contribution in [3.63, 3.8) is 0 Å². The number of hydrogen-bond acceptors (Lipinski definition) is 4. The molecular formula is C25H30FN3O4S. The molecule has 0 aromatic heterocycles. The van der Waals surface area contributed by atoms with Crippen LogP contribution in [0.1, 0.15) is 48.9 Å². The number of nitrogens with one attached hydrogen (secondary N) is 1. The van der Waals surface area contributed by atoms with Crippen LogP contribution in [-0.4, -0.2) is 55.6 Å². The summed E-state index contributed by atoms with van der Waals surface area (Å²) in [6.07, 6.45) is 5.25. The molecule has 0 saturated carbocycles. The van der Waals surface area contributed by atoms with Crippen molar-refractivity contribution in [3.8, 4) is 0 Å². The number of nitrogens with zero attached hydrogens (tertiary/aromatic N) is 2. The first-order valence-corrected chi connectivity index (χ1v) is 13.2. The fraction of sp³-hybridized carbons (Fsp3) is 0.440. The van der Waals surface area contributed by atoms with E-state index in [2.05, 4.69) is 5.32 Å². The largest absolute Gasteiger partial charge is 0.339 e. The third kappa shape index (κ3) is 5.47. The Balaban J connectivity index is 1.47. The summed E-state index contributed by atoms with van der Waals surface area (Å²) in [5, 5.41) is 2.88. The molecule has 2 aliphatic heterocycles. The summed E-state index contributed by atoms with van der Waals surface area (Å²) in [5.41, 5.74) is 0.893. The van der Waals surface area contributed by atoms with E-state index in [1.54, 1.807) is 24.3 Å². The number of piperidine rings is 1. The second-order valence-corrected chi connectivity index (χ2v) is 10.8. The van der Waals surface area contributed by atoms with Gasteiger partial charge in [-0.25, -0.2) is 12.8 Å². The predicted octanol–water partition coefficient (Wildman–Crippen LogP) is 3.88. The van der Waals surface area contributed by atoms with E-state index in [0.29, 0.717) is 43.7 Å². The summed E-state index contributed by atoms with van der Waals surface area (Å²) in [4.78, 5) is 28.1. The maximum Gasteiger partial charge on any atom is 0.255 e. The molecule has 4 rings (SSSR count). The molecule has 1 atom stereocenters. The molecule has 0 radical (unpaired) electrons. The van der Waals surface area contributed by atoms with E-state index in [-0.39, 0.29) is 23.3 Å². The molecule has 1 N–H and O–H groups in total. The summed E-state index contributed by atoms with van der Waals surface area (Å²) in [5.74, 6) is -1.47. The maximum absolute atomic E-state index is 13.2. The van der Waals surface area contributed by atoms with Crippen LogP contribution in [0.2, 0.25) is 0 Å². The van der Waals surface area contributed by atoms with Crippen LogP contribution in [0, 0.1) is 11.7 Å². The lowest BCUT2D eigenvalue weighted by molar-refractivity contribution is -0.120. The molecule has 9 heteroatoms. The molecule has 2 saturated heterocycles. The van der Waals surface area contributed by atoms with Crippen molar-refractivity contribution >= 4 is 27.5 Å². The number of para-hydroxylation sites is 1. The van der Waals surface area contributed by atoms with Gasteiger partial charge in [0.1, 0.15) is 5.82 Å². The highest BCUT2D eigenvalue weighted by atomic mass is 32.2. The summed E-state index contributed by atoms with van der Waals surface area (Å²) >= 11 is 0. The van der Waals surface area contributed by atoms with Crippen molar-refractivity contribution in [1.29, 1.82) is 0 Å². The molecule has 7 nitrogen and oxygen atoms in total. The normalized spacial score (nSPS) is 19.9. The molecule has 0 bridgehead atoms. The Hall–Kier alpha value is -2.78. The number of carbonyl (C=O) groups is 2. The highest BCUT2D eigenvalue weighted by molar-refractivity contribution is 7.89. The van der Waals surface area contributed by atoms with Gasteiger partial charge in [-0.2, -0.15) is 4.31 Å². The van der Waals surface area contributed by atoms with Gasteiger partial charge in [0, 0.05) is 26.2 Å². The molecule has 2 aromatic carbocycles. The quantitative estimate of drug-likeness (QED) is 0.694. The van der Waals surface area contributed by atoms with Gasteiger partial charge >= 0.3 is 0 Å². The number of amides is 2. The van der Waals surface area contributed by atoms with E-state index >= 15 is 0 Å². The van der Waals surface area contributed by atoms with Crippen LogP contribution >= 0.6 is 0 Å². The summed E-state index contributed by atoms with van der Waals surface area (Å²) in [7, 11) is -3.83. The van der Waals surface area contributed by atoms with E-state index in [1.165, 1.54) is 16.4 Å². The van der Waals surface area contributed by atoms with Crippen molar-refractivity contribution in [3.05, 3.63) is 59.9 Å². The van der Waals surface area contributed by atoms with E-state index in [1.807, 2.05) is 4.90 Å². The molecule has 2 aliphatic rings. The Morgan fingerprint density at radius 2 is 1.56 bits per heavy atom. The van der Waals surface area contributed by atoms with Gasteiger partial charge in [-0.15, -0.1) is 0 Å².